The van der Waals surface area contributed by atoms with Crippen LogP contribution in [0.3, 0.4) is 0 Å². The number of nitrogens with zero attached hydrogens (tertiary/aromatic N) is 1. The maximum Gasteiger partial charge on any atom is 0.339 e. The fraction of sp³-hybridized carbons (Fsp3) is 0.556. The molecule has 1 aromatic rings. The predicted molar refractivity (Wildman–Crippen MR) is 102 cm³/mol. The number of carboxylic acid groups (broad SMARTS) is 1. The van der Waals surface area contributed by atoms with E-state index in [1.54, 1.807) is 0 Å². The quantitative estimate of drug-likeness (QED) is 0.435. The van der Waals surface area contributed by atoms with Gasteiger partial charge in [0, 0.05) is 18.0 Å². The van der Waals surface area contributed by atoms with Crippen LogP contribution >= 0.6 is 11.3 Å². The zero-order chi connectivity index (χ0) is 19.0. The lowest BCUT2D eigenvalue weighted by molar-refractivity contribution is -0.105. The number of hydrogen-bond donors (Lipinski definition) is 3. The molecule has 1 fully saturated rings. The van der Waals surface area contributed by atoms with Gasteiger partial charge in [-0.1, -0.05) is 13.8 Å². The average Bonchev–Trinajstić information content (AvgIpc) is 3.15. The number of carboxylic acids is 1. The van der Waals surface area contributed by atoms with E-state index < -0.39 is 5.97 Å². The lowest BCUT2D eigenvalue weighted by Gasteiger charge is -2.29. The molecule has 1 amide bonds. The number of thiophene rings is 1. The van der Waals surface area contributed by atoms with E-state index in [1.807, 2.05) is 5.01 Å². The second kappa shape index (κ2) is 9.56. The molecule has 0 atom stereocenters. The third-order valence-electron chi connectivity index (χ3n) is 4.32. The Morgan fingerprint density at radius 3 is 2.40 bits per heavy atom. The Balaban J connectivity index is 0.000000326. The zero-order valence-electron chi connectivity index (χ0n) is 14.9. The summed E-state index contributed by atoms with van der Waals surface area (Å²) in [5.74, 6) is 4.41. The Hall–Kier alpha value is -1.88. The number of amides is 1. The molecule has 2 aliphatic rings. The van der Waals surface area contributed by atoms with Crippen LogP contribution in [0.1, 0.15) is 53.9 Å². The molecule has 2 heterocycles. The summed E-state index contributed by atoms with van der Waals surface area (Å²) in [5, 5.41) is 14.1. The summed E-state index contributed by atoms with van der Waals surface area (Å²) in [7, 11) is 0. The standard InChI is InChI=1S/C12H15NO3S.C4H10N2.C2H2/c1-12(2)4-3-8-7(5-12)9(11(15)16)10(17-8)13-6-14;5-6-3-1-2-4-6;1-2/h6H,3-5H2,1-2H3,(H,13,14)(H,15,16);1-5H2;1-2H. The minimum Gasteiger partial charge on any atom is -0.478 e. The SMILES string of the molecule is C#C.CC1(C)CCc2sc(NC=O)c(C(=O)O)c2C1.NN1CCCC1. The van der Waals surface area contributed by atoms with Gasteiger partial charge in [0.1, 0.15) is 5.00 Å². The highest BCUT2D eigenvalue weighted by Gasteiger charge is 2.32. The first-order valence-corrected chi connectivity index (χ1v) is 9.07. The van der Waals surface area contributed by atoms with Gasteiger partial charge < -0.3 is 10.4 Å². The number of hydrazine groups is 1. The maximum absolute atomic E-state index is 11.3. The highest BCUT2D eigenvalue weighted by Crippen LogP contribution is 2.43. The van der Waals surface area contributed by atoms with Crippen molar-refractivity contribution < 1.29 is 14.7 Å². The molecule has 6 nitrogen and oxygen atoms in total. The summed E-state index contributed by atoms with van der Waals surface area (Å²) >= 11 is 1.39. The number of anilines is 1. The summed E-state index contributed by atoms with van der Waals surface area (Å²) < 4.78 is 0. The number of nitrogens with two attached hydrogens (primary N) is 1. The number of nitrogens with one attached hydrogen (secondary N) is 1. The van der Waals surface area contributed by atoms with Crippen molar-refractivity contribution in [3.05, 3.63) is 16.0 Å². The number of terminal acetylenes is 1. The highest BCUT2D eigenvalue weighted by atomic mass is 32.1. The number of carbonyl (C=O) groups excluding carboxylic acids is 1. The van der Waals surface area contributed by atoms with E-state index in [0.717, 1.165) is 42.8 Å². The number of aryl methyl sites for hydroxylation is 1. The molecule has 25 heavy (non-hydrogen) atoms. The number of fused-ring (bicyclic) bond motifs is 1. The minimum atomic E-state index is -0.954. The summed E-state index contributed by atoms with van der Waals surface area (Å²) in [5.41, 5.74) is 1.32. The van der Waals surface area contributed by atoms with Gasteiger partial charge >= 0.3 is 5.97 Å². The van der Waals surface area contributed by atoms with E-state index in [-0.39, 0.29) is 11.0 Å². The molecule has 1 aromatic heterocycles. The summed E-state index contributed by atoms with van der Waals surface area (Å²) in [6.45, 7) is 6.48. The van der Waals surface area contributed by atoms with Crippen LogP contribution in [0.15, 0.2) is 0 Å². The number of carbonyl (C=O) groups is 2. The van der Waals surface area contributed by atoms with Gasteiger partial charge in [0.2, 0.25) is 6.41 Å². The third kappa shape index (κ3) is 5.85. The Morgan fingerprint density at radius 1 is 1.36 bits per heavy atom. The molecule has 0 spiro atoms. The van der Waals surface area contributed by atoms with Gasteiger partial charge in [0.15, 0.2) is 0 Å². The monoisotopic (exact) mass is 365 g/mol. The summed E-state index contributed by atoms with van der Waals surface area (Å²) in [4.78, 5) is 22.9. The molecule has 1 aliphatic carbocycles. The van der Waals surface area contributed by atoms with Crippen LogP contribution in [0.4, 0.5) is 5.00 Å². The van der Waals surface area contributed by atoms with Crippen molar-refractivity contribution in [1.82, 2.24) is 5.01 Å². The van der Waals surface area contributed by atoms with E-state index in [0.29, 0.717) is 11.4 Å². The van der Waals surface area contributed by atoms with Gasteiger partial charge in [0.25, 0.3) is 0 Å². The summed E-state index contributed by atoms with van der Waals surface area (Å²) in [6.07, 6.45) is 13.8. The maximum atomic E-state index is 11.3. The number of aromatic carboxylic acids is 1. The van der Waals surface area contributed by atoms with Crippen molar-refractivity contribution in [1.29, 1.82) is 0 Å². The summed E-state index contributed by atoms with van der Waals surface area (Å²) in [6, 6.07) is 0. The fourth-order valence-electron chi connectivity index (χ4n) is 3.04. The van der Waals surface area contributed by atoms with Gasteiger partial charge in [-0.25, -0.2) is 9.80 Å². The molecule has 0 bridgehead atoms. The van der Waals surface area contributed by atoms with Crippen molar-refractivity contribution in [2.24, 2.45) is 11.3 Å². The molecule has 1 saturated heterocycles. The molecule has 138 valence electrons. The van der Waals surface area contributed by atoms with E-state index in [4.69, 9.17) is 5.84 Å². The van der Waals surface area contributed by atoms with Gasteiger partial charge in [-0.05, 0) is 43.1 Å². The molecule has 0 saturated carbocycles. The first-order valence-electron chi connectivity index (χ1n) is 8.25. The molecule has 0 radical (unpaired) electrons. The molecule has 7 heteroatoms. The molecule has 1 aliphatic heterocycles. The van der Waals surface area contributed by atoms with Crippen LogP contribution < -0.4 is 11.2 Å². The molecular formula is C18H27N3O3S. The van der Waals surface area contributed by atoms with Crippen molar-refractivity contribution in [3.8, 4) is 12.8 Å². The molecule has 3 rings (SSSR count). The molecule has 0 aromatic carbocycles. The normalized spacial score (nSPS) is 18.0. The van der Waals surface area contributed by atoms with Crippen LogP contribution in [0, 0.1) is 18.3 Å². The Morgan fingerprint density at radius 2 is 1.96 bits per heavy atom. The van der Waals surface area contributed by atoms with Gasteiger partial charge in [-0.3, -0.25) is 10.6 Å². The van der Waals surface area contributed by atoms with Gasteiger partial charge in [-0.15, -0.1) is 24.2 Å². The van der Waals surface area contributed by atoms with Crippen LogP contribution in [0.25, 0.3) is 0 Å². The molecule has 4 N–H and O–H groups in total. The van der Waals surface area contributed by atoms with E-state index >= 15 is 0 Å². The largest absolute Gasteiger partial charge is 0.478 e. The van der Waals surface area contributed by atoms with E-state index in [2.05, 4.69) is 32.0 Å². The fourth-order valence-corrected chi connectivity index (χ4v) is 4.21. The van der Waals surface area contributed by atoms with Crippen molar-refractivity contribution in [3.63, 3.8) is 0 Å². The Labute approximate surface area is 153 Å². The van der Waals surface area contributed by atoms with E-state index in [9.17, 15) is 14.7 Å². The smallest absolute Gasteiger partial charge is 0.339 e. The van der Waals surface area contributed by atoms with Crippen LogP contribution in [-0.4, -0.2) is 35.6 Å². The van der Waals surface area contributed by atoms with E-state index in [1.165, 1.54) is 24.2 Å². The Bertz CT molecular complexity index is 617. The molecular weight excluding hydrogens is 338 g/mol. The second-order valence-electron chi connectivity index (χ2n) is 6.86. The first kappa shape index (κ1) is 21.2. The van der Waals surface area contributed by atoms with Gasteiger partial charge in [-0.2, -0.15) is 0 Å². The van der Waals surface area contributed by atoms with Crippen LogP contribution in [0.2, 0.25) is 0 Å². The van der Waals surface area contributed by atoms with Crippen molar-refractivity contribution in [2.45, 2.75) is 46.0 Å². The predicted octanol–water partition coefficient (Wildman–Crippen LogP) is 2.73. The van der Waals surface area contributed by atoms with Crippen molar-refractivity contribution >= 4 is 28.7 Å². The topological polar surface area (TPSA) is 95.7 Å². The van der Waals surface area contributed by atoms with Crippen LogP contribution in [0.5, 0.6) is 0 Å². The second-order valence-corrected chi connectivity index (χ2v) is 7.96. The highest BCUT2D eigenvalue weighted by molar-refractivity contribution is 7.16. The first-order chi connectivity index (χ1) is 11.8. The average molecular weight is 365 g/mol. The lowest BCUT2D eigenvalue weighted by Crippen LogP contribution is -2.26. The Kier molecular flexibility index (Phi) is 8.10. The van der Waals surface area contributed by atoms with Crippen molar-refractivity contribution in [2.75, 3.05) is 18.4 Å². The van der Waals surface area contributed by atoms with Gasteiger partial charge in [0.05, 0.1) is 5.56 Å². The number of rotatable bonds is 3. The third-order valence-corrected chi connectivity index (χ3v) is 5.54. The lowest BCUT2D eigenvalue weighted by atomic mass is 9.76. The zero-order valence-corrected chi connectivity index (χ0v) is 15.7. The van der Waals surface area contributed by atoms with Crippen LogP contribution in [-0.2, 0) is 17.6 Å². The number of hydrogen-bond acceptors (Lipinski definition) is 5. The molecule has 0 unspecified atom stereocenters. The minimum absolute atomic E-state index is 0.136.